The Kier molecular flexibility index (Phi) is 3.91. The fraction of sp³-hybridized carbons (Fsp3) is 0. The summed E-state index contributed by atoms with van der Waals surface area (Å²) < 4.78 is 8.75. The third kappa shape index (κ3) is 2.64. The summed E-state index contributed by atoms with van der Waals surface area (Å²) in [5.74, 6) is 0.808. The molecule has 0 N–H and O–H groups in total. The van der Waals surface area contributed by atoms with E-state index >= 15 is 0 Å². The first-order chi connectivity index (χ1) is 17.9. The van der Waals surface area contributed by atoms with E-state index in [0.717, 1.165) is 66.5 Å². The molecule has 8 rings (SSSR count). The molecule has 5 aromatic carbocycles. The van der Waals surface area contributed by atoms with Gasteiger partial charge in [0.2, 0.25) is 0 Å². The molecule has 0 unspecified atom stereocenters. The van der Waals surface area contributed by atoms with Crippen LogP contribution in [0.5, 0.6) is 0 Å². The highest BCUT2D eigenvalue weighted by molar-refractivity contribution is 6.26. The summed E-state index contributed by atoms with van der Waals surface area (Å²) in [6.07, 6.45) is 0. The van der Waals surface area contributed by atoms with Gasteiger partial charge in [-0.2, -0.15) is 0 Å². The molecular formula is C32H19N3O. The van der Waals surface area contributed by atoms with Gasteiger partial charge in [-0.15, -0.1) is 0 Å². The predicted octanol–water partition coefficient (Wildman–Crippen LogP) is 8.29. The minimum atomic E-state index is 0.808. The average molecular weight is 462 g/mol. The third-order valence-electron chi connectivity index (χ3n) is 6.99. The second-order valence-corrected chi connectivity index (χ2v) is 9.03. The van der Waals surface area contributed by atoms with Crippen molar-refractivity contribution in [3.8, 4) is 17.1 Å². The van der Waals surface area contributed by atoms with Crippen LogP contribution in [0.3, 0.4) is 0 Å². The van der Waals surface area contributed by atoms with E-state index in [9.17, 15) is 0 Å². The first kappa shape index (κ1) is 19.4. The molecule has 36 heavy (non-hydrogen) atoms. The molecule has 0 amide bonds. The molecule has 0 aliphatic rings. The second kappa shape index (κ2) is 7.27. The van der Waals surface area contributed by atoms with Gasteiger partial charge in [-0.3, -0.25) is 4.57 Å². The van der Waals surface area contributed by atoms with Crippen molar-refractivity contribution in [2.45, 2.75) is 0 Å². The van der Waals surface area contributed by atoms with Crippen LogP contribution in [0, 0.1) is 0 Å². The van der Waals surface area contributed by atoms with Gasteiger partial charge in [-0.25, -0.2) is 9.97 Å². The number of rotatable bonds is 2. The Morgan fingerprint density at radius 3 is 2.00 bits per heavy atom. The van der Waals surface area contributed by atoms with E-state index in [-0.39, 0.29) is 0 Å². The van der Waals surface area contributed by atoms with Crippen molar-refractivity contribution in [3.63, 3.8) is 0 Å². The van der Waals surface area contributed by atoms with E-state index in [1.807, 2.05) is 54.6 Å². The molecule has 0 saturated heterocycles. The van der Waals surface area contributed by atoms with Gasteiger partial charge in [-0.05, 0) is 41.8 Å². The molecule has 0 fully saturated rings. The maximum atomic E-state index is 6.51. The lowest BCUT2D eigenvalue weighted by atomic mass is 10.1. The van der Waals surface area contributed by atoms with Crippen LogP contribution in [0.2, 0.25) is 0 Å². The van der Waals surface area contributed by atoms with Crippen LogP contribution in [0.25, 0.3) is 71.9 Å². The van der Waals surface area contributed by atoms with Crippen molar-refractivity contribution >= 4 is 54.8 Å². The Bertz CT molecular complexity index is 2100. The highest BCUT2D eigenvalue weighted by Crippen LogP contribution is 2.41. The number of aromatic nitrogens is 3. The maximum Gasteiger partial charge on any atom is 0.165 e. The summed E-state index contributed by atoms with van der Waals surface area (Å²) in [5, 5.41) is 4.51. The topological polar surface area (TPSA) is 43.9 Å². The maximum absolute atomic E-state index is 6.51. The van der Waals surface area contributed by atoms with Crippen molar-refractivity contribution < 1.29 is 4.42 Å². The van der Waals surface area contributed by atoms with Crippen LogP contribution in [0.1, 0.15) is 0 Å². The Morgan fingerprint density at radius 2 is 1.14 bits per heavy atom. The molecule has 0 saturated carbocycles. The summed E-state index contributed by atoms with van der Waals surface area (Å²) in [7, 11) is 0. The van der Waals surface area contributed by atoms with Gasteiger partial charge in [0.15, 0.2) is 5.82 Å². The molecule has 4 nitrogen and oxygen atoms in total. The smallest absolute Gasteiger partial charge is 0.165 e. The van der Waals surface area contributed by atoms with Gasteiger partial charge in [0.05, 0.1) is 27.5 Å². The summed E-state index contributed by atoms with van der Waals surface area (Å²) in [6.45, 7) is 0. The van der Waals surface area contributed by atoms with Crippen LogP contribution >= 0.6 is 0 Å². The molecule has 0 spiro atoms. The fourth-order valence-electron chi connectivity index (χ4n) is 5.45. The Morgan fingerprint density at radius 1 is 0.500 bits per heavy atom. The van der Waals surface area contributed by atoms with Crippen molar-refractivity contribution in [3.05, 3.63) is 115 Å². The van der Waals surface area contributed by atoms with Crippen molar-refractivity contribution in [1.82, 2.24) is 14.5 Å². The van der Waals surface area contributed by atoms with Gasteiger partial charge in [0, 0.05) is 16.3 Å². The Labute approximate surface area is 206 Å². The molecule has 3 aromatic heterocycles. The average Bonchev–Trinajstić information content (AvgIpc) is 3.20. The Hall–Kier alpha value is -4.96. The number of para-hydroxylation sites is 3. The first-order valence-corrected chi connectivity index (χ1v) is 12.0. The minimum Gasteiger partial charge on any atom is -0.456 e. The molecule has 0 radical (unpaired) electrons. The largest absolute Gasteiger partial charge is 0.456 e. The molecule has 8 aromatic rings. The van der Waals surface area contributed by atoms with Crippen molar-refractivity contribution in [2.75, 3.05) is 0 Å². The van der Waals surface area contributed by atoms with Gasteiger partial charge < -0.3 is 4.42 Å². The molecule has 0 aliphatic carbocycles. The van der Waals surface area contributed by atoms with Crippen LogP contribution in [0.15, 0.2) is 120 Å². The second-order valence-electron chi connectivity index (χ2n) is 9.03. The lowest BCUT2D eigenvalue weighted by Gasteiger charge is -2.13. The molecule has 3 heterocycles. The summed E-state index contributed by atoms with van der Waals surface area (Å²) >= 11 is 0. The fourth-order valence-corrected chi connectivity index (χ4v) is 5.45. The number of hydrogen-bond acceptors (Lipinski definition) is 3. The van der Waals surface area contributed by atoms with E-state index in [4.69, 9.17) is 14.4 Å². The normalized spacial score (nSPS) is 11.9. The van der Waals surface area contributed by atoms with Crippen LogP contribution in [-0.4, -0.2) is 14.5 Å². The number of fused-ring (bicyclic) bond motifs is 3. The zero-order chi connectivity index (χ0) is 23.6. The summed E-state index contributed by atoms with van der Waals surface area (Å²) in [5.41, 5.74) is 7.47. The van der Waals surface area contributed by atoms with Gasteiger partial charge >= 0.3 is 0 Å². The van der Waals surface area contributed by atoms with E-state index in [1.54, 1.807) is 0 Å². The van der Waals surface area contributed by atoms with E-state index in [2.05, 4.69) is 65.2 Å². The van der Waals surface area contributed by atoms with E-state index < -0.39 is 0 Å². The van der Waals surface area contributed by atoms with E-state index in [1.165, 1.54) is 5.39 Å². The summed E-state index contributed by atoms with van der Waals surface area (Å²) in [6, 6.07) is 39.3. The SMILES string of the molecule is c1ccc(-c2nc3ccccc3nc2-n2c3cccc4oc5ccccc5c5cccc2c5c43)cc1. The molecule has 168 valence electrons. The first-order valence-electron chi connectivity index (χ1n) is 12.0. The van der Waals surface area contributed by atoms with E-state index in [0.29, 0.717) is 0 Å². The lowest BCUT2D eigenvalue weighted by Crippen LogP contribution is -2.03. The third-order valence-corrected chi connectivity index (χ3v) is 6.99. The highest BCUT2D eigenvalue weighted by Gasteiger charge is 2.22. The number of benzene rings is 5. The molecular weight excluding hydrogens is 442 g/mol. The van der Waals surface area contributed by atoms with Gasteiger partial charge in [0.25, 0.3) is 0 Å². The van der Waals surface area contributed by atoms with Gasteiger partial charge in [-0.1, -0.05) is 78.9 Å². The predicted molar refractivity (Wildman–Crippen MR) is 147 cm³/mol. The highest BCUT2D eigenvalue weighted by atomic mass is 16.3. The van der Waals surface area contributed by atoms with Crippen LogP contribution in [-0.2, 0) is 0 Å². The molecule has 4 heteroatoms. The van der Waals surface area contributed by atoms with Gasteiger partial charge in [0.1, 0.15) is 16.9 Å². The zero-order valence-corrected chi connectivity index (χ0v) is 19.2. The monoisotopic (exact) mass is 461 g/mol. The van der Waals surface area contributed by atoms with Crippen molar-refractivity contribution in [2.24, 2.45) is 0 Å². The quantitative estimate of drug-likeness (QED) is 0.260. The lowest BCUT2D eigenvalue weighted by molar-refractivity contribution is 0.664. The molecule has 0 atom stereocenters. The molecule has 0 bridgehead atoms. The van der Waals surface area contributed by atoms with Crippen LogP contribution in [0.4, 0.5) is 0 Å². The minimum absolute atomic E-state index is 0.808. The van der Waals surface area contributed by atoms with Crippen LogP contribution < -0.4 is 0 Å². The number of hydrogen-bond donors (Lipinski definition) is 0. The molecule has 0 aliphatic heterocycles. The summed E-state index contributed by atoms with van der Waals surface area (Å²) in [4.78, 5) is 10.3. The standard InChI is InChI=1S/C32H19N3O/c1-2-10-20(11-3-1)31-32(34-24-15-6-5-14-23(24)33-31)35-25-16-8-13-22-21-12-4-7-18-27(21)36-28-19-9-17-26(35)30(28)29(22)25/h1-19H. The zero-order valence-electron chi connectivity index (χ0n) is 19.2. The Balaban J connectivity index is 1.62. The van der Waals surface area contributed by atoms with Crippen molar-refractivity contribution in [1.29, 1.82) is 0 Å². The number of nitrogens with zero attached hydrogens (tertiary/aromatic N) is 3.